The van der Waals surface area contributed by atoms with Crippen molar-refractivity contribution in [3.63, 3.8) is 0 Å². The Bertz CT molecular complexity index is 759. The quantitative estimate of drug-likeness (QED) is 0.299. The maximum atomic E-state index is 12.9. The highest BCUT2D eigenvalue weighted by Gasteiger charge is 2.42. The Labute approximate surface area is 195 Å². The summed E-state index contributed by atoms with van der Waals surface area (Å²) in [5.74, 6) is 4.53. The van der Waals surface area contributed by atoms with Gasteiger partial charge in [0.05, 0.1) is 13.3 Å². The van der Waals surface area contributed by atoms with Crippen LogP contribution in [0.5, 0.6) is 0 Å². The molecule has 0 heterocycles. The van der Waals surface area contributed by atoms with Gasteiger partial charge >= 0.3 is 0 Å². The molecular weight excluding hydrogens is 396 g/mol. The summed E-state index contributed by atoms with van der Waals surface area (Å²) < 4.78 is 6.03. The minimum Gasteiger partial charge on any atom is -0.366 e. The van der Waals surface area contributed by atoms with Crippen LogP contribution in [-0.2, 0) is 9.53 Å². The summed E-state index contributed by atoms with van der Waals surface area (Å²) >= 11 is 0. The molecule has 4 bridgehead atoms. The average molecular weight is 441 g/mol. The van der Waals surface area contributed by atoms with Gasteiger partial charge in [0.1, 0.15) is 0 Å². The second-order valence-corrected chi connectivity index (χ2v) is 13.1. The number of nitrogens with one attached hydrogen (secondary N) is 2. The van der Waals surface area contributed by atoms with E-state index in [1.807, 2.05) is 0 Å². The van der Waals surface area contributed by atoms with Gasteiger partial charge in [-0.25, -0.2) is 0 Å². The first kappa shape index (κ1) is 22.7. The Kier molecular flexibility index (Phi) is 6.30. The van der Waals surface area contributed by atoms with Crippen molar-refractivity contribution >= 4 is 5.91 Å². The number of ether oxygens (including phenoxy) is 1. The zero-order valence-corrected chi connectivity index (χ0v) is 20.4. The van der Waals surface area contributed by atoms with Crippen molar-refractivity contribution in [2.24, 2.45) is 46.3 Å². The molecule has 8 unspecified atom stereocenters. The van der Waals surface area contributed by atoms with E-state index in [0.717, 1.165) is 49.7 Å². The molecule has 5 rings (SSSR count). The third-order valence-electron chi connectivity index (χ3n) is 9.18. The molecule has 32 heavy (non-hydrogen) atoms. The molecule has 8 atom stereocenters. The van der Waals surface area contributed by atoms with E-state index in [-0.39, 0.29) is 22.8 Å². The standard InChI is InChI=1S/C28H44N2O2/c1-27(2)13-25(30-26(31)12-23-10-19-4-6-21(23)8-19)14-28(3,16-27)17-29-18-32-15-24-11-20-5-7-22(24)9-20/h4-7,19-25,29H,8-18H2,1-3H3,(H,30,31). The highest BCUT2D eigenvalue weighted by Crippen LogP contribution is 2.47. The highest BCUT2D eigenvalue weighted by molar-refractivity contribution is 5.76. The second-order valence-electron chi connectivity index (χ2n) is 13.1. The molecule has 5 aliphatic rings. The van der Waals surface area contributed by atoms with Crippen molar-refractivity contribution < 1.29 is 9.53 Å². The minimum absolute atomic E-state index is 0.188. The number of carbonyl (C=O) groups is 1. The number of fused-ring (bicyclic) bond motifs is 4. The lowest BCUT2D eigenvalue weighted by molar-refractivity contribution is -0.123. The monoisotopic (exact) mass is 440 g/mol. The molecule has 0 saturated heterocycles. The molecule has 4 heteroatoms. The molecule has 3 saturated carbocycles. The van der Waals surface area contributed by atoms with Crippen LogP contribution >= 0.6 is 0 Å². The highest BCUT2D eigenvalue weighted by atomic mass is 16.5. The molecule has 1 amide bonds. The van der Waals surface area contributed by atoms with Crippen LogP contribution in [0.4, 0.5) is 0 Å². The van der Waals surface area contributed by atoms with Gasteiger partial charge in [0.2, 0.25) is 5.91 Å². The third kappa shape index (κ3) is 5.17. The molecular formula is C28H44N2O2. The zero-order valence-electron chi connectivity index (χ0n) is 20.4. The van der Waals surface area contributed by atoms with Gasteiger partial charge in [-0.15, -0.1) is 0 Å². The van der Waals surface area contributed by atoms with Crippen molar-refractivity contribution in [2.75, 3.05) is 19.9 Å². The summed E-state index contributed by atoms with van der Waals surface area (Å²) in [6.45, 7) is 9.60. The van der Waals surface area contributed by atoms with E-state index >= 15 is 0 Å². The Morgan fingerprint density at radius 1 is 0.938 bits per heavy atom. The Morgan fingerprint density at radius 2 is 1.62 bits per heavy atom. The fraction of sp³-hybridized carbons (Fsp3) is 0.821. The smallest absolute Gasteiger partial charge is 0.220 e. The first-order chi connectivity index (χ1) is 15.3. The molecule has 0 aromatic heterocycles. The molecule has 4 nitrogen and oxygen atoms in total. The van der Waals surface area contributed by atoms with Crippen LogP contribution in [0.1, 0.15) is 72.1 Å². The number of rotatable bonds is 9. The lowest BCUT2D eigenvalue weighted by atomic mass is 9.62. The summed E-state index contributed by atoms with van der Waals surface area (Å²) in [7, 11) is 0. The van der Waals surface area contributed by atoms with Crippen LogP contribution in [0.2, 0.25) is 0 Å². The van der Waals surface area contributed by atoms with Crippen LogP contribution in [0.15, 0.2) is 24.3 Å². The normalized spacial score (nSPS) is 43.3. The molecule has 0 radical (unpaired) electrons. The SMILES string of the molecule is CC1(C)CC(NC(=O)CC2CC3C=CC2C3)CC(C)(CNCOCC2CC3C=CC2C3)C1. The van der Waals surface area contributed by atoms with Gasteiger partial charge in [-0.1, -0.05) is 45.1 Å². The van der Waals surface area contributed by atoms with E-state index < -0.39 is 0 Å². The lowest BCUT2D eigenvalue weighted by Gasteiger charge is -2.47. The summed E-state index contributed by atoms with van der Waals surface area (Å²) in [6, 6.07) is 0.286. The maximum absolute atomic E-state index is 12.9. The summed E-state index contributed by atoms with van der Waals surface area (Å²) in [5, 5.41) is 7.03. The Hall–Kier alpha value is -1.13. The molecule has 0 aromatic rings. The topological polar surface area (TPSA) is 50.4 Å². The van der Waals surface area contributed by atoms with Crippen molar-refractivity contribution in [3.8, 4) is 0 Å². The maximum Gasteiger partial charge on any atom is 0.220 e. The summed E-state index contributed by atoms with van der Waals surface area (Å²) in [6.07, 6.45) is 18.7. The summed E-state index contributed by atoms with van der Waals surface area (Å²) in [5.41, 5.74) is 0.436. The van der Waals surface area contributed by atoms with Gasteiger partial charge in [-0.3, -0.25) is 10.1 Å². The molecule has 3 fully saturated rings. The van der Waals surface area contributed by atoms with E-state index in [9.17, 15) is 4.79 Å². The second kappa shape index (κ2) is 8.91. The van der Waals surface area contributed by atoms with Crippen LogP contribution in [0.25, 0.3) is 0 Å². The van der Waals surface area contributed by atoms with E-state index in [4.69, 9.17) is 4.74 Å². The van der Waals surface area contributed by atoms with E-state index in [1.54, 1.807) is 0 Å². The Morgan fingerprint density at radius 3 is 2.25 bits per heavy atom. The minimum atomic E-state index is 0.188. The summed E-state index contributed by atoms with van der Waals surface area (Å²) in [4.78, 5) is 12.9. The van der Waals surface area contributed by atoms with E-state index in [1.165, 1.54) is 32.1 Å². The van der Waals surface area contributed by atoms with Gasteiger partial charge < -0.3 is 10.1 Å². The zero-order chi connectivity index (χ0) is 22.3. The van der Waals surface area contributed by atoms with Crippen molar-refractivity contribution in [1.82, 2.24) is 10.6 Å². The fourth-order valence-electron chi connectivity index (χ4n) is 8.25. The molecule has 5 aliphatic carbocycles. The molecule has 178 valence electrons. The van der Waals surface area contributed by atoms with Crippen molar-refractivity contribution in [1.29, 1.82) is 0 Å². The number of hydrogen-bond acceptors (Lipinski definition) is 3. The van der Waals surface area contributed by atoms with Crippen LogP contribution in [0.3, 0.4) is 0 Å². The van der Waals surface area contributed by atoms with E-state index in [0.29, 0.717) is 25.0 Å². The first-order valence-electron chi connectivity index (χ1n) is 13.2. The molecule has 2 N–H and O–H groups in total. The predicted molar refractivity (Wildman–Crippen MR) is 129 cm³/mol. The molecule has 0 aromatic carbocycles. The largest absolute Gasteiger partial charge is 0.366 e. The van der Waals surface area contributed by atoms with Gasteiger partial charge in [-0.05, 0) is 91.3 Å². The van der Waals surface area contributed by atoms with Crippen molar-refractivity contribution in [3.05, 3.63) is 24.3 Å². The average Bonchev–Trinajstić information content (AvgIpc) is 3.47. The predicted octanol–water partition coefficient (Wildman–Crippen LogP) is 5.07. The van der Waals surface area contributed by atoms with Gasteiger partial charge in [0.25, 0.3) is 0 Å². The van der Waals surface area contributed by atoms with Crippen LogP contribution < -0.4 is 10.6 Å². The fourth-order valence-corrected chi connectivity index (χ4v) is 8.25. The van der Waals surface area contributed by atoms with E-state index in [2.05, 4.69) is 55.7 Å². The van der Waals surface area contributed by atoms with Gasteiger partial charge in [-0.2, -0.15) is 0 Å². The molecule has 0 aliphatic heterocycles. The molecule has 0 spiro atoms. The van der Waals surface area contributed by atoms with Crippen molar-refractivity contribution in [2.45, 2.75) is 78.2 Å². The number of amides is 1. The Balaban J connectivity index is 1.05. The van der Waals surface area contributed by atoms with Gasteiger partial charge in [0, 0.05) is 19.0 Å². The lowest BCUT2D eigenvalue weighted by Crippen LogP contribution is -2.50. The van der Waals surface area contributed by atoms with Crippen LogP contribution in [-0.4, -0.2) is 31.8 Å². The first-order valence-corrected chi connectivity index (χ1v) is 13.2. The number of carbonyl (C=O) groups excluding carboxylic acids is 1. The van der Waals surface area contributed by atoms with Gasteiger partial charge in [0.15, 0.2) is 0 Å². The number of allylic oxidation sites excluding steroid dienone is 4. The third-order valence-corrected chi connectivity index (χ3v) is 9.18. The van der Waals surface area contributed by atoms with Crippen LogP contribution in [0, 0.1) is 46.3 Å². The number of hydrogen-bond donors (Lipinski definition) is 2.